The Morgan fingerprint density at radius 3 is 1.31 bits per heavy atom. The Morgan fingerprint density at radius 1 is 0.327 bits per heavy atom. The summed E-state index contributed by atoms with van der Waals surface area (Å²) in [5.74, 6) is 1.11. The predicted octanol–water partition coefficient (Wildman–Crippen LogP) is 13.0. The highest BCUT2D eigenvalue weighted by Gasteiger charge is 2.19. The van der Waals surface area contributed by atoms with Crippen molar-refractivity contribution >= 4 is 21.8 Å². The average molecular weight is 707 g/mol. The number of benzene rings is 8. The average Bonchev–Trinajstić information content (AvgIpc) is 3.66. The lowest BCUT2D eigenvalue weighted by Gasteiger charge is -2.12. The van der Waals surface area contributed by atoms with Crippen LogP contribution in [0.25, 0.3) is 95.0 Å². The van der Waals surface area contributed by atoms with Gasteiger partial charge in [0.05, 0.1) is 16.5 Å². The molecule has 4 heteroatoms. The van der Waals surface area contributed by atoms with Crippen LogP contribution in [0.3, 0.4) is 0 Å². The second kappa shape index (κ2) is 13.8. The molecule has 0 spiro atoms. The minimum absolute atomic E-state index is 0.123. The van der Waals surface area contributed by atoms with Gasteiger partial charge in [-0.3, -0.25) is 4.57 Å². The summed E-state index contributed by atoms with van der Waals surface area (Å²) >= 11 is 0. The van der Waals surface area contributed by atoms with E-state index in [0.29, 0.717) is 33.5 Å². The van der Waals surface area contributed by atoms with Crippen LogP contribution in [-0.2, 0) is 0 Å². The standard InChI is InChI=1S/C51H34N4/c1-4-13-35(14-5-1)38-23-27-40(28-24-38)49-52-50(41-29-25-39(26-30-41)36-15-6-2-7-16-36)54-51(53-49)55-47-22-11-10-21-45(47)46-34-44(31-32-48(46)55)43-20-12-19-42(33-43)37-17-8-3-9-18-37/h1-34H/i10D,11D,21D,22D. The SMILES string of the molecule is [2H]c1c([2H])c([2H])c2c(c1[2H])c1cc(-c3cccc(-c4ccccc4)c3)ccc1n2-c1nc(-c2ccc(-c3ccccc3)cc2)nc(-c2ccc(-c3ccccc3)cc2)n1. The molecule has 4 nitrogen and oxygen atoms in total. The van der Waals surface area contributed by atoms with Gasteiger partial charge in [0.25, 0.3) is 0 Å². The molecule has 0 saturated heterocycles. The first kappa shape index (κ1) is 28.1. The van der Waals surface area contributed by atoms with Crippen LogP contribution in [0.2, 0.25) is 0 Å². The molecule has 0 atom stereocenters. The summed E-state index contributed by atoms with van der Waals surface area (Å²) in [6, 6.07) is 60.1. The highest BCUT2D eigenvalue weighted by atomic mass is 15.2. The molecule has 0 aliphatic rings. The van der Waals surface area contributed by atoms with E-state index < -0.39 is 0 Å². The molecule has 0 unspecified atom stereocenters. The van der Waals surface area contributed by atoms with Gasteiger partial charge in [-0.15, -0.1) is 0 Å². The normalized spacial score (nSPS) is 12.3. The van der Waals surface area contributed by atoms with E-state index in [0.717, 1.165) is 55.6 Å². The third kappa shape index (κ3) is 6.16. The monoisotopic (exact) mass is 706 g/mol. The zero-order chi connectivity index (χ0) is 40.0. The molecule has 2 heterocycles. The van der Waals surface area contributed by atoms with Crippen LogP contribution in [-0.4, -0.2) is 19.5 Å². The van der Waals surface area contributed by atoms with Crippen molar-refractivity contribution < 1.29 is 5.48 Å². The van der Waals surface area contributed by atoms with Gasteiger partial charge in [0.2, 0.25) is 5.95 Å². The molecule has 0 aliphatic heterocycles. The Balaban J connectivity index is 1.19. The van der Waals surface area contributed by atoms with Crippen LogP contribution in [0.1, 0.15) is 5.48 Å². The van der Waals surface area contributed by atoms with Crippen LogP contribution < -0.4 is 0 Å². The molecule has 0 aliphatic carbocycles. The third-order valence-corrected chi connectivity index (χ3v) is 10.0. The number of hydrogen-bond donors (Lipinski definition) is 0. The van der Waals surface area contributed by atoms with Gasteiger partial charge in [0.1, 0.15) is 0 Å². The zero-order valence-electron chi connectivity index (χ0n) is 33.6. The molecular formula is C51H34N4. The number of para-hydroxylation sites is 1. The van der Waals surface area contributed by atoms with Gasteiger partial charge in [0, 0.05) is 21.9 Å². The maximum Gasteiger partial charge on any atom is 0.238 e. The summed E-state index contributed by atoms with van der Waals surface area (Å²) in [6.07, 6.45) is 0. The molecule has 0 amide bonds. The first-order chi connectivity index (χ1) is 28.9. The Kier molecular flexibility index (Phi) is 7.08. The summed E-state index contributed by atoms with van der Waals surface area (Å²) in [5, 5.41) is 1.06. The molecule has 0 fully saturated rings. The summed E-state index contributed by atoms with van der Waals surface area (Å²) in [4.78, 5) is 15.2. The van der Waals surface area contributed by atoms with Crippen molar-refractivity contribution in [2.45, 2.75) is 0 Å². The van der Waals surface area contributed by atoms with Crippen molar-refractivity contribution in [2.24, 2.45) is 0 Å². The fourth-order valence-corrected chi connectivity index (χ4v) is 7.22. The highest BCUT2D eigenvalue weighted by Crippen LogP contribution is 2.36. The number of aromatic nitrogens is 4. The van der Waals surface area contributed by atoms with Gasteiger partial charge < -0.3 is 0 Å². The quantitative estimate of drug-likeness (QED) is 0.166. The van der Waals surface area contributed by atoms with Crippen LogP contribution in [0.15, 0.2) is 206 Å². The van der Waals surface area contributed by atoms with Crippen LogP contribution in [0.5, 0.6) is 0 Å². The number of rotatable bonds is 7. The molecule has 10 rings (SSSR count). The van der Waals surface area contributed by atoms with Crippen molar-refractivity contribution in [3.05, 3.63) is 206 Å². The highest BCUT2D eigenvalue weighted by molar-refractivity contribution is 6.10. The Bertz CT molecular complexity index is 3070. The lowest BCUT2D eigenvalue weighted by atomic mass is 9.98. The van der Waals surface area contributed by atoms with Crippen molar-refractivity contribution in [3.63, 3.8) is 0 Å². The predicted molar refractivity (Wildman–Crippen MR) is 227 cm³/mol. The van der Waals surface area contributed by atoms with Crippen molar-refractivity contribution in [1.29, 1.82) is 0 Å². The maximum atomic E-state index is 9.25. The number of nitrogens with zero attached hydrogens (tertiary/aromatic N) is 4. The maximum absolute atomic E-state index is 9.25. The largest absolute Gasteiger partial charge is 0.278 e. The number of fused-ring (bicyclic) bond motifs is 3. The molecular weight excluding hydrogens is 669 g/mol. The second-order valence-corrected chi connectivity index (χ2v) is 13.4. The molecule has 0 N–H and O–H groups in total. The first-order valence-corrected chi connectivity index (χ1v) is 18.2. The molecule has 258 valence electrons. The van der Waals surface area contributed by atoms with E-state index in [1.54, 1.807) is 4.57 Å². The lowest BCUT2D eigenvalue weighted by Crippen LogP contribution is -2.06. The van der Waals surface area contributed by atoms with E-state index in [4.69, 9.17) is 17.7 Å². The van der Waals surface area contributed by atoms with E-state index in [1.807, 2.05) is 127 Å². The van der Waals surface area contributed by atoms with Gasteiger partial charge in [-0.2, -0.15) is 9.97 Å². The summed E-state index contributed by atoms with van der Waals surface area (Å²) < 4.78 is 37.7. The van der Waals surface area contributed by atoms with Gasteiger partial charge in [-0.05, 0) is 68.7 Å². The Morgan fingerprint density at radius 2 is 0.745 bits per heavy atom. The van der Waals surface area contributed by atoms with Gasteiger partial charge in [-0.1, -0.05) is 182 Å². The molecule has 55 heavy (non-hydrogen) atoms. The summed E-state index contributed by atoms with van der Waals surface area (Å²) in [6.45, 7) is 0. The van der Waals surface area contributed by atoms with Crippen LogP contribution in [0.4, 0.5) is 0 Å². The van der Waals surface area contributed by atoms with Crippen molar-refractivity contribution in [2.75, 3.05) is 0 Å². The molecule has 10 aromatic rings. The second-order valence-electron chi connectivity index (χ2n) is 13.4. The van der Waals surface area contributed by atoms with E-state index in [1.165, 1.54) is 0 Å². The topological polar surface area (TPSA) is 43.6 Å². The summed E-state index contributed by atoms with van der Waals surface area (Å²) in [5.41, 5.74) is 10.9. The fourth-order valence-electron chi connectivity index (χ4n) is 7.22. The van der Waals surface area contributed by atoms with Crippen LogP contribution in [0, 0.1) is 0 Å². The van der Waals surface area contributed by atoms with Gasteiger partial charge in [-0.25, -0.2) is 4.98 Å². The molecule has 2 aromatic heterocycles. The Labute approximate surface area is 325 Å². The molecule has 0 bridgehead atoms. The fraction of sp³-hybridized carbons (Fsp3) is 0. The minimum atomic E-state index is -0.329. The van der Waals surface area contributed by atoms with Crippen LogP contribution >= 0.6 is 0 Å². The molecule has 0 radical (unpaired) electrons. The molecule has 0 saturated carbocycles. The third-order valence-electron chi connectivity index (χ3n) is 10.0. The van der Waals surface area contributed by atoms with E-state index >= 15 is 0 Å². The van der Waals surface area contributed by atoms with Crippen molar-refractivity contribution in [1.82, 2.24) is 19.5 Å². The van der Waals surface area contributed by atoms with E-state index in [-0.39, 0.29) is 30.1 Å². The molecule has 8 aromatic carbocycles. The van der Waals surface area contributed by atoms with E-state index in [9.17, 15) is 2.74 Å². The van der Waals surface area contributed by atoms with Gasteiger partial charge in [0.15, 0.2) is 11.6 Å². The first-order valence-electron chi connectivity index (χ1n) is 20.2. The zero-order valence-corrected chi connectivity index (χ0v) is 29.6. The van der Waals surface area contributed by atoms with E-state index in [2.05, 4.69) is 54.6 Å². The van der Waals surface area contributed by atoms with Crippen molar-refractivity contribution in [3.8, 4) is 73.2 Å². The smallest absolute Gasteiger partial charge is 0.238 e. The van der Waals surface area contributed by atoms with Gasteiger partial charge >= 0.3 is 0 Å². The lowest BCUT2D eigenvalue weighted by molar-refractivity contribution is 0.953. The summed E-state index contributed by atoms with van der Waals surface area (Å²) in [7, 11) is 0. The number of hydrogen-bond acceptors (Lipinski definition) is 3. The Hall–Kier alpha value is -7.43. The minimum Gasteiger partial charge on any atom is -0.278 e.